The largest absolute Gasteiger partial charge is 0.396 e. The molecule has 0 fully saturated rings. The summed E-state index contributed by atoms with van der Waals surface area (Å²) in [4.78, 5) is 3.93. The Labute approximate surface area is 108 Å². The number of aromatic nitrogens is 2. The Morgan fingerprint density at radius 3 is 2.72 bits per heavy atom. The average Bonchev–Trinajstić information content (AvgIpc) is 2.81. The fourth-order valence-corrected chi connectivity index (χ4v) is 2.73. The Morgan fingerprint density at radius 2 is 2.06 bits per heavy atom. The Balaban J connectivity index is 2.06. The fraction of sp³-hybridized carbons (Fsp3) is 0.727. The molecule has 1 aromatic heterocycles. The van der Waals surface area contributed by atoms with Crippen molar-refractivity contribution in [3.63, 3.8) is 0 Å². The van der Waals surface area contributed by atoms with E-state index < -0.39 is 10.0 Å². The molecule has 18 heavy (non-hydrogen) atoms. The molecule has 0 saturated heterocycles. The molecule has 0 unspecified atom stereocenters. The number of aryl methyl sites for hydroxylation is 1. The van der Waals surface area contributed by atoms with Crippen LogP contribution in [0, 0.1) is 0 Å². The fourth-order valence-electron chi connectivity index (χ4n) is 1.54. The molecule has 0 aliphatic rings. The van der Waals surface area contributed by atoms with Crippen LogP contribution in [0.3, 0.4) is 0 Å². The molecule has 1 heterocycles. The number of hydrogen-bond donors (Lipinski definition) is 2. The molecule has 1 aromatic rings. The normalized spacial score (nSPS) is 11.8. The van der Waals surface area contributed by atoms with Crippen LogP contribution in [0.1, 0.15) is 25.7 Å². The van der Waals surface area contributed by atoms with Gasteiger partial charge in [-0.2, -0.15) is 0 Å². The van der Waals surface area contributed by atoms with Gasteiger partial charge in [0.15, 0.2) is 0 Å². The van der Waals surface area contributed by atoms with Gasteiger partial charge in [0.2, 0.25) is 10.0 Å². The van der Waals surface area contributed by atoms with Crippen molar-refractivity contribution < 1.29 is 13.5 Å². The van der Waals surface area contributed by atoms with Crippen LogP contribution in [-0.4, -0.2) is 42.0 Å². The summed E-state index contributed by atoms with van der Waals surface area (Å²) in [5.41, 5.74) is 0. The van der Waals surface area contributed by atoms with Crippen molar-refractivity contribution in [1.82, 2.24) is 14.3 Å². The lowest BCUT2D eigenvalue weighted by atomic mass is 10.3. The van der Waals surface area contributed by atoms with Crippen molar-refractivity contribution in [2.24, 2.45) is 0 Å². The Bertz CT molecular complexity index is 403. The minimum absolute atomic E-state index is 0.0421. The van der Waals surface area contributed by atoms with Crippen molar-refractivity contribution in [2.45, 2.75) is 32.2 Å². The number of sulfonamides is 1. The van der Waals surface area contributed by atoms with Gasteiger partial charge < -0.3 is 9.67 Å². The smallest absolute Gasteiger partial charge is 0.211 e. The molecule has 0 amide bonds. The minimum atomic E-state index is -3.17. The highest BCUT2D eigenvalue weighted by atomic mass is 32.2. The van der Waals surface area contributed by atoms with E-state index >= 15 is 0 Å². The van der Waals surface area contributed by atoms with E-state index in [0.717, 1.165) is 19.4 Å². The Hall–Kier alpha value is -0.920. The molecule has 6 nitrogen and oxygen atoms in total. The van der Waals surface area contributed by atoms with Crippen molar-refractivity contribution in [3.8, 4) is 0 Å². The van der Waals surface area contributed by atoms with Crippen LogP contribution in [0.5, 0.6) is 0 Å². The minimum Gasteiger partial charge on any atom is -0.396 e. The van der Waals surface area contributed by atoms with Gasteiger partial charge in [0.25, 0.3) is 0 Å². The van der Waals surface area contributed by atoms with Gasteiger partial charge in [-0.1, -0.05) is 0 Å². The molecule has 0 atom stereocenters. The first-order valence-electron chi connectivity index (χ1n) is 6.18. The maximum atomic E-state index is 11.5. The van der Waals surface area contributed by atoms with Gasteiger partial charge in [0.05, 0.1) is 12.1 Å². The molecule has 1 rings (SSSR count). The molecule has 0 aliphatic carbocycles. The topological polar surface area (TPSA) is 84.2 Å². The number of unbranched alkanes of at least 4 members (excludes halogenated alkanes) is 2. The third kappa shape index (κ3) is 6.73. The predicted molar refractivity (Wildman–Crippen MR) is 69.6 cm³/mol. The van der Waals surface area contributed by atoms with Gasteiger partial charge in [-0.25, -0.2) is 18.1 Å². The van der Waals surface area contributed by atoms with Gasteiger partial charge >= 0.3 is 0 Å². The highest BCUT2D eigenvalue weighted by Gasteiger charge is 2.08. The Morgan fingerprint density at radius 1 is 1.22 bits per heavy atom. The average molecular weight is 275 g/mol. The number of imidazole rings is 1. The number of nitrogens with zero attached hydrogens (tertiary/aromatic N) is 2. The van der Waals surface area contributed by atoms with Crippen LogP contribution in [0.4, 0.5) is 0 Å². The van der Waals surface area contributed by atoms with Crippen LogP contribution in [0.2, 0.25) is 0 Å². The second kappa shape index (κ2) is 8.23. The summed E-state index contributed by atoms with van der Waals surface area (Å²) in [6.45, 7) is 1.36. The summed E-state index contributed by atoms with van der Waals surface area (Å²) >= 11 is 0. The van der Waals surface area contributed by atoms with Crippen molar-refractivity contribution >= 4 is 10.0 Å². The summed E-state index contributed by atoms with van der Waals surface area (Å²) in [6, 6.07) is 0. The SMILES string of the molecule is O=S(=O)(CCCCO)NCCCCn1ccnc1. The van der Waals surface area contributed by atoms with Crippen LogP contribution >= 0.6 is 0 Å². The van der Waals surface area contributed by atoms with Gasteiger partial charge in [-0.3, -0.25) is 0 Å². The van der Waals surface area contributed by atoms with Crippen LogP contribution in [-0.2, 0) is 16.6 Å². The third-order valence-electron chi connectivity index (χ3n) is 2.55. The van der Waals surface area contributed by atoms with E-state index in [-0.39, 0.29) is 12.4 Å². The number of nitrogens with one attached hydrogen (secondary N) is 1. The van der Waals surface area contributed by atoms with Crippen molar-refractivity contribution in [1.29, 1.82) is 0 Å². The molecule has 104 valence electrons. The molecule has 0 saturated carbocycles. The van der Waals surface area contributed by atoms with Gasteiger partial charge in [-0.15, -0.1) is 0 Å². The molecule has 0 bridgehead atoms. The zero-order chi connectivity index (χ0) is 13.3. The molecule has 0 spiro atoms. The highest BCUT2D eigenvalue weighted by Crippen LogP contribution is 1.97. The summed E-state index contributed by atoms with van der Waals surface area (Å²) in [6.07, 6.45) is 8.11. The molecular formula is C11H21N3O3S. The van der Waals surface area contributed by atoms with Crippen LogP contribution < -0.4 is 4.72 Å². The van der Waals surface area contributed by atoms with Crippen LogP contribution in [0.25, 0.3) is 0 Å². The van der Waals surface area contributed by atoms with E-state index in [4.69, 9.17) is 5.11 Å². The molecule has 0 aromatic carbocycles. The second-order valence-electron chi connectivity index (χ2n) is 4.15. The summed E-state index contributed by atoms with van der Waals surface area (Å²) in [5.74, 6) is 0.0923. The number of rotatable bonds is 10. The summed E-state index contributed by atoms with van der Waals surface area (Å²) in [5, 5.41) is 8.58. The summed E-state index contributed by atoms with van der Waals surface area (Å²) < 4.78 is 27.5. The molecule has 0 aliphatic heterocycles. The second-order valence-corrected chi connectivity index (χ2v) is 6.08. The third-order valence-corrected chi connectivity index (χ3v) is 4.02. The van der Waals surface area contributed by atoms with Gasteiger partial charge in [-0.05, 0) is 25.7 Å². The quantitative estimate of drug-likeness (QED) is 0.604. The van der Waals surface area contributed by atoms with E-state index in [1.54, 1.807) is 12.5 Å². The first kappa shape index (κ1) is 15.1. The van der Waals surface area contributed by atoms with E-state index in [1.165, 1.54) is 0 Å². The lowest BCUT2D eigenvalue weighted by Crippen LogP contribution is -2.27. The lowest BCUT2D eigenvalue weighted by Gasteiger charge is -2.06. The van der Waals surface area contributed by atoms with E-state index in [2.05, 4.69) is 9.71 Å². The molecule has 7 heteroatoms. The van der Waals surface area contributed by atoms with Gasteiger partial charge in [0, 0.05) is 32.1 Å². The molecule has 0 radical (unpaired) electrons. The molecule has 2 N–H and O–H groups in total. The lowest BCUT2D eigenvalue weighted by molar-refractivity contribution is 0.287. The van der Waals surface area contributed by atoms with Gasteiger partial charge in [0.1, 0.15) is 0 Å². The highest BCUT2D eigenvalue weighted by molar-refractivity contribution is 7.89. The zero-order valence-electron chi connectivity index (χ0n) is 10.5. The number of aliphatic hydroxyl groups excluding tert-OH is 1. The standard InChI is InChI=1S/C11H21N3O3S/c15-9-3-4-10-18(16,17)13-5-1-2-7-14-8-6-12-11-14/h6,8,11,13,15H,1-5,7,9-10H2. The summed E-state index contributed by atoms with van der Waals surface area (Å²) in [7, 11) is -3.17. The number of hydrogen-bond acceptors (Lipinski definition) is 4. The first-order chi connectivity index (χ1) is 8.64. The predicted octanol–water partition coefficient (Wildman–Crippen LogP) is 0.355. The zero-order valence-corrected chi connectivity index (χ0v) is 11.3. The van der Waals surface area contributed by atoms with E-state index in [0.29, 0.717) is 19.4 Å². The van der Waals surface area contributed by atoms with Crippen molar-refractivity contribution in [3.05, 3.63) is 18.7 Å². The monoisotopic (exact) mass is 275 g/mol. The van der Waals surface area contributed by atoms with E-state index in [9.17, 15) is 8.42 Å². The maximum absolute atomic E-state index is 11.5. The first-order valence-corrected chi connectivity index (χ1v) is 7.83. The maximum Gasteiger partial charge on any atom is 0.211 e. The Kier molecular flexibility index (Phi) is 6.92. The van der Waals surface area contributed by atoms with Crippen molar-refractivity contribution in [2.75, 3.05) is 18.9 Å². The van der Waals surface area contributed by atoms with E-state index in [1.807, 2.05) is 10.8 Å². The molecular weight excluding hydrogens is 254 g/mol. The van der Waals surface area contributed by atoms with Crippen LogP contribution in [0.15, 0.2) is 18.7 Å². The number of aliphatic hydroxyl groups is 1.